The summed E-state index contributed by atoms with van der Waals surface area (Å²) < 4.78 is 5.60. The summed E-state index contributed by atoms with van der Waals surface area (Å²) in [5.74, 6) is 0.592. The van der Waals surface area contributed by atoms with E-state index >= 15 is 0 Å². The molecule has 21 heavy (non-hydrogen) atoms. The van der Waals surface area contributed by atoms with Gasteiger partial charge in [-0.15, -0.1) is 0 Å². The summed E-state index contributed by atoms with van der Waals surface area (Å²) in [5.41, 5.74) is 7.10. The van der Waals surface area contributed by atoms with Crippen molar-refractivity contribution in [2.75, 3.05) is 18.9 Å². The van der Waals surface area contributed by atoms with Crippen LogP contribution in [0.5, 0.6) is 5.75 Å². The zero-order chi connectivity index (χ0) is 15.2. The van der Waals surface area contributed by atoms with Crippen molar-refractivity contribution < 1.29 is 9.53 Å². The number of anilines is 1. The fourth-order valence-electron chi connectivity index (χ4n) is 3.08. The fourth-order valence-corrected chi connectivity index (χ4v) is 3.08. The third kappa shape index (κ3) is 3.49. The number of nitrogens with zero attached hydrogens (tertiary/aromatic N) is 1. The third-order valence-electron chi connectivity index (χ3n) is 4.07. The Morgan fingerprint density at radius 3 is 2.90 bits per heavy atom. The lowest BCUT2D eigenvalue weighted by molar-refractivity contribution is 0.0597. The molecule has 1 fully saturated rings. The first-order valence-electron chi connectivity index (χ1n) is 8.01. The van der Waals surface area contributed by atoms with Gasteiger partial charge in [0.15, 0.2) is 5.75 Å². The average molecular weight is 290 g/mol. The fraction of sp³-hybridized carbons (Fsp3) is 0.588. The molecule has 0 bridgehead atoms. The summed E-state index contributed by atoms with van der Waals surface area (Å²) in [5, 5.41) is 0. The van der Waals surface area contributed by atoms with Gasteiger partial charge >= 0.3 is 0 Å². The van der Waals surface area contributed by atoms with E-state index in [0.717, 1.165) is 32.2 Å². The maximum absolute atomic E-state index is 12.9. The van der Waals surface area contributed by atoms with Gasteiger partial charge in [-0.25, -0.2) is 0 Å². The van der Waals surface area contributed by atoms with Gasteiger partial charge in [0.05, 0.1) is 17.9 Å². The number of carbonyl (C=O) groups excluding carboxylic acids is 1. The molecule has 2 rings (SSSR count). The molecular formula is C17H26N2O2. The van der Waals surface area contributed by atoms with Crippen LogP contribution in [0.4, 0.5) is 5.69 Å². The van der Waals surface area contributed by atoms with Crippen molar-refractivity contribution in [1.29, 1.82) is 0 Å². The zero-order valence-electron chi connectivity index (χ0n) is 13.1. The van der Waals surface area contributed by atoms with Gasteiger partial charge in [-0.3, -0.25) is 4.79 Å². The van der Waals surface area contributed by atoms with Crippen molar-refractivity contribution in [3.63, 3.8) is 0 Å². The SMILES string of the molecule is CCCC1CCCCN1C(=O)c1cccc(N)c1OCC. The number of para-hydroxylation sites is 1. The molecule has 4 heteroatoms. The third-order valence-corrected chi connectivity index (χ3v) is 4.07. The first kappa shape index (κ1) is 15.7. The maximum Gasteiger partial charge on any atom is 0.257 e. The second-order valence-electron chi connectivity index (χ2n) is 5.59. The van der Waals surface area contributed by atoms with Crippen molar-refractivity contribution in [2.24, 2.45) is 0 Å². The molecule has 116 valence electrons. The van der Waals surface area contributed by atoms with Crippen LogP contribution in [0.2, 0.25) is 0 Å². The number of amides is 1. The lowest BCUT2D eigenvalue weighted by Gasteiger charge is -2.36. The molecule has 1 heterocycles. The van der Waals surface area contributed by atoms with Gasteiger partial charge in [-0.1, -0.05) is 19.4 Å². The molecule has 1 aliphatic rings. The molecule has 1 aromatic rings. The molecule has 0 radical (unpaired) electrons. The molecule has 1 aromatic carbocycles. The second-order valence-corrected chi connectivity index (χ2v) is 5.59. The molecule has 1 aliphatic heterocycles. The smallest absolute Gasteiger partial charge is 0.257 e. The number of rotatable bonds is 5. The predicted molar refractivity (Wildman–Crippen MR) is 85.6 cm³/mol. The minimum absolute atomic E-state index is 0.0592. The van der Waals surface area contributed by atoms with E-state index in [0.29, 0.717) is 29.6 Å². The Bertz CT molecular complexity index is 486. The summed E-state index contributed by atoms with van der Waals surface area (Å²) in [7, 11) is 0. The highest BCUT2D eigenvalue weighted by molar-refractivity contribution is 5.98. The minimum atomic E-state index is 0.0592. The van der Waals surface area contributed by atoms with Gasteiger partial charge in [0, 0.05) is 12.6 Å². The second kappa shape index (κ2) is 7.34. The molecule has 1 saturated heterocycles. The number of ether oxygens (including phenoxy) is 1. The van der Waals surface area contributed by atoms with Crippen LogP contribution in [0.25, 0.3) is 0 Å². The first-order chi connectivity index (χ1) is 10.2. The molecule has 0 spiro atoms. The number of hydrogen-bond donors (Lipinski definition) is 1. The average Bonchev–Trinajstić information content (AvgIpc) is 2.50. The van der Waals surface area contributed by atoms with Crippen LogP contribution in [0, 0.1) is 0 Å². The summed E-state index contributed by atoms with van der Waals surface area (Å²) in [6.07, 6.45) is 5.56. The lowest BCUT2D eigenvalue weighted by atomic mass is 9.97. The summed E-state index contributed by atoms with van der Waals surface area (Å²) in [4.78, 5) is 14.9. The van der Waals surface area contributed by atoms with Gasteiger partial charge in [0.1, 0.15) is 0 Å². The Labute approximate surface area is 127 Å². The van der Waals surface area contributed by atoms with Crippen molar-refractivity contribution in [2.45, 2.75) is 52.0 Å². The largest absolute Gasteiger partial charge is 0.491 e. The van der Waals surface area contributed by atoms with Crippen LogP contribution < -0.4 is 10.5 Å². The molecule has 0 aliphatic carbocycles. The highest BCUT2D eigenvalue weighted by Crippen LogP contribution is 2.30. The van der Waals surface area contributed by atoms with E-state index in [-0.39, 0.29) is 5.91 Å². The van der Waals surface area contributed by atoms with Gasteiger partial charge < -0.3 is 15.4 Å². The quantitative estimate of drug-likeness (QED) is 0.845. The van der Waals surface area contributed by atoms with E-state index in [1.807, 2.05) is 24.0 Å². The molecule has 1 unspecified atom stereocenters. The lowest BCUT2D eigenvalue weighted by Crippen LogP contribution is -2.43. The highest BCUT2D eigenvalue weighted by atomic mass is 16.5. The van der Waals surface area contributed by atoms with E-state index in [1.54, 1.807) is 6.07 Å². The highest BCUT2D eigenvalue weighted by Gasteiger charge is 2.28. The standard InChI is InChI=1S/C17H26N2O2/c1-3-8-13-9-5-6-12-19(13)17(20)14-10-7-11-15(18)16(14)21-4-2/h7,10-11,13H,3-6,8-9,12,18H2,1-2H3. The van der Waals surface area contributed by atoms with E-state index in [2.05, 4.69) is 6.92 Å². The summed E-state index contributed by atoms with van der Waals surface area (Å²) >= 11 is 0. The van der Waals surface area contributed by atoms with E-state index < -0.39 is 0 Å². The maximum atomic E-state index is 12.9. The molecule has 1 amide bonds. The molecule has 0 saturated carbocycles. The molecule has 4 nitrogen and oxygen atoms in total. The molecular weight excluding hydrogens is 264 g/mol. The van der Waals surface area contributed by atoms with Crippen LogP contribution in [-0.2, 0) is 0 Å². The normalized spacial score (nSPS) is 18.6. The minimum Gasteiger partial charge on any atom is -0.491 e. The van der Waals surface area contributed by atoms with Crippen molar-refractivity contribution in [3.8, 4) is 5.75 Å². The van der Waals surface area contributed by atoms with Crippen molar-refractivity contribution >= 4 is 11.6 Å². The van der Waals surface area contributed by atoms with Gasteiger partial charge in [-0.05, 0) is 44.7 Å². The van der Waals surface area contributed by atoms with Crippen LogP contribution in [0.1, 0.15) is 56.3 Å². The number of benzene rings is 1. The number of piperidine rings is 1. The Hall–Kier alpha value is -1.71. The van der Waals surface area contributed by atoms with E-state index in [9.17, 15) is 4.79 Å². The van der Waals surface area contributed by atoms with Crippen LogP contribution in [0.15, 0.2) is 18.2 Å². The summed E-state index contributed by atoms with van der Waals surface area (Å²) in [6.45, 7) is 5.42. The molecule has 2 N–H and O–H groups in total. The number of nitrogen functional groups attached to an aromatic ring is 1. The Balaban J connectivity index is 2.27. The topological polar surface area (TPSA) is 55.6 Å². The van der Waals surface area contributed by atoms with Gasteiger partial charge in [0.25, 0.3) is 5.91 Å². The van der Waals surface area contributed by atoms with Crippen LogP contribution >= 0.6 is 0 Å². The van der Waals surface area contributed by atoms with E-state index in [1.165, 1.54) is 6.42 Å². The number of nitrogens with two attached hydrogens (primary N) is 1. The predicted octanol–water partition coefficient (Wildman–Crippen LogP) is 3.46. The Morgan fingerprint density at radius 2 is 2.19 bits per heavy atom. The first-order valence-corrected chi connectivity index (χ1v) is 8.01. The zero-order valence-corrected chi connectivity index (χ0v) is 13.1. The number of hydrogen-bond acceptors (Lipinski definition) is 3. The molecule has 0 aromatic heterocycles. The monoisotopic (exact) mass is 290 g/mol. The molecule has 1 atom stereocenters. The van der Waals surface area contributed by atoms with E-state index in [4.69, 9.17) is 10.5 Å². The number of likely N-dealkylation sites (tertiary alicyclic amines) is 1. The van der Waals surface area contributed by atoms with Crippen LogP contribution in [0.3, 0.4) is 0 Å². The Kier molecular flexibility index (Phi) is 5.48. The summed E-state index contributed by atoms with van der Waals surface area (Å²) in [6, 6.07) is 5.78. The van der Waals surface area contributed by atoms with Crippen LogP contribution in [-0.4, -0.2) is 30.0 Å². The van der Waals surface area contributed by atoms with Gasteiger partial charge in [0.2, 0.25) is 0 Å². The Morgan fingerprint density at radius 1 is 1.38 bits per heavy atom. The van der Waals surface area contributed by atoms with Crippen molar-refractivity contribution in [3.05, 3.63) is 23.8 Å². The van der Waals surface area contributed by atoms with Crippen molar-refractivity contribution in [1.82, 2.24) is 4.90 Å². The number of carbonyl (C=O) groups is 1. The van der Waals surface area contributed by atoms with Gasteiger partial charge in [-0.2, -0.15) is 0 Å².